The normalized spacial score (nSPS) is 20.0. The molecule has 1 saturated heterocycles. The predicted molar refractivity (Wildman–Crippen MR) is 151 cm³/mol. The van der Waals surface area contributed by atoms with Crippen LogP contribution in [-0.4, -0.2) is 61.1 Å². The van der Waals surface area contributed by atoms with Gasteiger partial charge in [0.25, 0.3) is 0 Å². The standard InChI is InChI=1S/C29H32BFN6O3/c1-27(2)28(3,4)40-30(39-27)22-14-24-25(34-18-35-37(24)17-22)19-10-12-36(13-11-19)26-32-15-21(16-33-26)29(5,38)20-6-8-23(31)9-7-20/h6-10,14-18,38H,11-13H2,1-5H3/t29-/m0/s1. The molecule has 1 aromatic carbocycles. The summed E-state index contributed by atoms with van der Waals surface area (Å²) in [6, 6.07) is 7.82. The Morgan fingerprint density at radius 2 is 1.68 bits per heavy atom. The number of rotatable bonds is 5. The molecule has 2 aliphatic rings. The number of halogens is 1. The molecule has 0 bridgehead atoms. The molecule has 9 nitrogen and oxygen atoms in total. The molecule has 1 N–H and O–H groups in total. The highest BCUT2D eigenvalue weighted by Gasteiger charge is 2.52. The first-order valence-corrected chi connectivity index (χ1v) is 13.4. The number of nitrogens with zero attached hydrogens (tertiary/aromatic N) is 6. The third-order valence-corrected chi connectivity index (χ3v) is 8.36. The summed E-state index contributed by atoms with van der Waals surface area (Å²) in [7, 11) is -0.473. The maximum Gasteiger partial charge on any atom is 0.496 e. The lowest BCUT2D eigenvalue weighted by Gasteiger charge is -2.32. The average molecular weight is 542 g/mol. The summed E-state index contributed by atoms with van der Waals surface area (Å²) in [6.07, 6.45) is 9.64. The topological polar surface area (TPSA) is 97.9 Å². The zero-order valence-electron chi connectivity index (χ0n) is 23.3. The van der Waals surface area contributed by atoms with Gasteiger partial charge in [0.1, 0.15) is 17.7 Å². The molecule has 0 amide bonds. The van der Waals surface area contributed by atoms with Gasteiger partial charge in [0, 0.05) is 42.7 Å². The molecule has 0 aliphatic carbocycles. The monoisotopic (exact) mass is 542 g/mol. The minimum atomic E-state index is -1.34. The van der Waals surface area contributed by atoms with Gasteiger partial charge in [0.2, 0.25) is 5.95 Å². The first-order valence-electron chi connectivity index (χ1n) is 13.4. The van der Waals surface area contributed by atoms with Crippen molar-refractivity contribution in [3.63, 3.8) is 0 Å². The van der Waals surface area contributed by atoms with Gasteiger partial charge in [-0.1, -0.05) is 18.2 Å². The van der Waals surface area contributed by atoms with E-state index < -0.39 is 23.9 Å². The van der Waals surface area contributed by atoms with E-state index >= 15 is 0 Å². The Labute approximate surface area is 232 Å². The van der Waals surface area contributed by atoms with Crippen LogP contribution in [0.25, 0.3) is 11.1 Å². The molecule has 4 aromatic rings. The molecule has 11 heteroatoms. The number of anilines is 1. The lowest BCUT2D eigenvalue weighted by molar-refractivity contribution is 0.00578. The minimum absolute atomic E-state index is 0.353. The number of fused-ring (bicyclic) bond motifs is 1. The van der Waals surface area contributed by atoms with Crippen LogP contribution in [0.3, 0.4) is 0 Å². The van der Waals surface area contributed by atoms with Crippen LogP contribution < -0.4 is 10.4 Å². The number of aromatic nitrogens is 5. The van der Waals surface area contributed by atoms with Gasteiger partial charge >= 0.3 is 7.12 Å². The lowest BCUT2D eigenvalue weighted by Crippen LogP contribution is -2.41. The van der Waals surface area contributed by atoms with Gasteiger partial charge in [0.05, 0.1) is 22.4 Å². The third-order valence-electron chi connectivity index (χ3n) is 8.36. The first kappa shape index (κ1) is 26.6. The smallest absolute Gasteiger partial charge is 0.399 e. The predicted octanol–water partition coefficient (Wildman–Crippen LogP) is 3.51. The van der Waals surface area contributed by atoms with Crippen molar-refractivity contribution in [2.45, 2.75) is 57.8 Å². The Hall–Kier alpha value is -3.67. The van der Waals surface area contributed by atoms with Crippen molar-refractivity contribution in [3.05, 3.63) is 84.0 Å². The Morgan fingerprint density at radius 1 is 1.00 bits per heavy atom. The summed E-state index contributed by atoms with van der Waals surface area (Å²) in [6.45, 7) is 11.1. The molecule has 0 radical (unpaired) electrons. The molecule has 0 saturated carbocycles. The Morgan fingerprint density at radius 3 is 2.30 bits per heavy atom. The fourth-order valence-corrected chi connectivity index (χ4v) is 5.05. The summed E-state index contributed by atoms with van der Waals surface area (Å²) in [5.74, 6) is 0.223. The molecule has 0 spiro atoms. The van der Waals surface area contributed by atoms with Crippen molar-refractivity contribution in [1.29, 1.82) is 0 Å². The van der Waals surface area contributed by atoms with Crippen LogP contribution >= 0.6 is 0 Å². The lowest BCUT2D eigenvalue weighted by atomic mass is 9.81. The largest absolute Gasteiger partial charge is 0.496 e. The van der Waals surface area contributed by atoms with E-state index in [4.69, 9.17) is 9.31 Å². The molecule has 6 rings (SSSR count). The number of hydrogen-bond donors (Lipinski definition) is 1. The van der Waals surface area contributed by atoms with Gasteiger partial charge in [-0.25, -0.2) is 23.9 Å². The quantitative estimate of drug-likeness (QED) is 0.383. The van der Waals surface area contributed by atoms with Gasteiger partial charge in [-0.15, -0.1) is 0 Å². The van der Waals surface area contributed by atoms with Gasteiger partial charge in [-0.2, -0.15) is 5.10 Å². The van der Waals surface area contributed by atoms with Crippen LogP contribution in [0.2, 0.25) is 0 Å². The van der Waals surface area contributed by atoms with E-state index in [9.17, 15) is 9.50 Å². The second kappa shape index (κ2) is 9.47. The molecule has 3 aromatic heterocycles. The van der Waals surface area contributed by atoms with E-state index in [1.807, 2.05) is 44.5 Å². The van der Waals surface area contributed by atoms with Crippen LogP contribution in [0.4, 0.5) is 10.3 Å². The van der Waals surface area contributed by atoms with Gasteiger partial charge < -0.3 is 19.3 Å². The van der Waals surface area contributed by atoms with Crippen LogP contribution in [-0.2, 0) is 14.9 Å². The molecule has 5 heterocycles. The van der Waals surface area contributed by atoms with E-state index in [2.05, 4.69) is 31.0 Å². The number of benzene rings is 1. The van der Waals surface area contributed by atoms with Crippen molar-refractivity contribution in [3.8, 4) is 0 Å². The summed E-state index contributed by atoms with van der Waals surface area (Å²) in [4.78, 5) is 15.7. The Bertz CT molecular complexity index is 1570. The number of hydrogen-bond acceptors (Lipinski definition) is 8. The van der Waals surface area contributed by atoms with E-state index in [0.717, 1.165) is 28.7 Å². The van der Waals surface area contributed by atoms with Crippen molar-refractivity contribution in [1.82, 2.24) is 24.6 Å². The zero-order valence-corrected chi connectivity index (χ0v) is 23.3. The molecular weight excluding hydrogens is 510 g/mol. The Balaban J connectivity index is 1.19. The summed E-state index contributed by atoms with van der Waals surface area (Å²) in [5.41, 5.74) is 2.72. The molecule has 1 atom stereocenters. The van der Waals surface area contributed by atoms with E-state index in [1.54, 1.807) is 37.8 Å². The second-order valence-corrected chi connectivity index (χ2v) is 11.6. The van der Waals surface area contributed by atoms with Crippen LogP contribution in [0.5, 0.6) is 0 Å². The molecule has 40 heavy (non-hydrogen) atoms. The van der Waals surface area contributed by atoms with E-state index in [-0.39, 0.29) is 5.82 Å². The maximum atomic E-state index is 13.3. The maximum absolute atomic E-state index is 13.3. The fourth-order valence-electron chi connectivity index (χ4n) is 5.05. The molecular formula is C29H32BFN6O3. The highest BCUT2D eigenvalue weighted by Crippen LogP contribution is 2.37. The highest BCUT2D eigenvalue weighted by molar-refractivity contribution is 6.62. The highest BCUT2D eigenvalue weighted by atomic mass is 19.1. The molecule has 1 fully saturated rings. The second-order valence-electron chi connectivity index (χ2n) is 11.6. The van der Waals surface area contributed by atoms with E-state index in [1.165, 1.54) is 12.1 Å². The van der Waals surface area contributed by atoms with Crippen molar-refractivity contribution in [2.24, 2.45) is 0 Å². The van der Waals surface area contributed by atoms with Gasteiger partial charge in [-0.3, -0.25) is 0 Å². The van der Waals surface area contributed by atoms with Crippen LogP contribution in [0.1, 0.15) is 57.9 Å². The third kappa shape index (κ3) is 4.57. The van der Waals surface area contributed by atoms with Gasteiger partial charge in [-0.05, 0) is 70.4 Å². The molecule has 0 unspecified atom stereocenters. The minimum Gasteiger partial charge on any atom is -0.399 e. The van der Waals surface area contributed by atoms with Crippen molar-refractivity contribution < 1.29 is 18.8 Å². The summed E-state index contributed by atoms with van der Waals surface area (Å²) < 4.78 is 27.6. The Kier molecular flexibility index (Phi) is 6.28. The van der Waals surface area contributed by atoms with Crippen LogP contribution in [0.15, 0.2) is 61.3 Å². The van der Waals surface area contributed by atoms with E-state index in [0.29, 0.717) is 30.2 Å². The summed E-state index contributed by atoms with van der Waals surface area (Å²) >= 11 is 0. The van der Waals surface area contributed by atoms with Crippen molar-refractivity contribution in [2.75, 3.05) is 18.0 Å². The zero-order chi connectivity index (χ0) is 28.3. The van der Waals surface area contributed by atoms with Crippen molar-refractivity contribution >= 4 is 29.6 Å². The molecule has 2 aliphatic heterocycles. The number of aliphatic hydroxyl groups is 1. The first-order chi connectivity index (χ1) is 18.9. The molecule has 206 valence electrons. The SMILES string of the molecule is CC1(C)OB(c2cc3c(C4=CCN(c5ncc([C@@](C)(O)c6ccc(F)cc6)cn5)CC4)ncnn3c2)OC1(C)C. The van der Waals surface area contributed by atoms with Crippen LogP contribution in [0, 0.1) is 5.82 Å². The average Bonchev–Trinajstić information content (AvgIpc) is 3.46. The fraction of sp³-hybridized carbons (Fsp3) is 0.379. The summed E-state index contributed by atoms with van der Waals surface area (Å²) in [5, 5.41) is 15.5. The van der Waals surface area contributed by atoms with Gasteiger partial charge in [0.15, 0.2) is 0 Å².